The molecule has 0 saturated heterocycles. The minimum atomic E-state index is 0.554. The molecule has 1 N–H and O–H groups in total. The van der Waals surface area contributed by atoms with E-state index in [1.54, 1.807) is 0 Å². The highest BCUT2D eigenvalue weighted by Crippen LogP contribution is 2.38. The van der Waals surface area contributed by atoms with E-state index in [1.165, 1.54) is 12.8 Å². The zero-order chi connectivity index (χ0) is 11.0. The second-order valence-corrected chi connectivity index (χ2v) is 6.64. The molecular weight excluding hydrogens is 386 g/mol. The number of anilines is 1. The molecule has 1 aliphatic rings. The number of benzene rings is 1. The van der Waals surface area contributed by atoms with Gasteiger partial charge in [0.25, 0.3) is 0 Å². The molecule has 0 spiro atoms. The van der Waals surface area contributed by atoms with Crippen molar-refractivity contribution in [3.63, 3.8) is 0 Å². The minimum absolute atomic E-state index is 0.554. The Hall–Kier alpha value is 0.460. The van der Waals surface area contributed by atoms with Gasteiger partial charge in [0.05, 0.1) is 5.69 Å². The Labute approximate surface area is 115 Å². The summed E-state index contributed by atoms with van der Waals surface area (Å²) >= 11 is 10.6. The fraction of sp³-hybridized carbons (Fsp3) is 0.455. The topological polar surface area (TPSA) is 12.0 Å². The fourth-order valence-electron chi connectivity index (χ4n) is 1.62. The molecule has 1 aromatic rings. The van der Waals surface area contributed by atoms with Crippen molar-refractivity contribution < 1.29 is 0 Å². The highest BCUT2D eigenvalue weighted by atomic mass is 79.9. The standard InChI is InChI=1S/C11H12Br3N/c1-6(7-2-3-7)15-11-9(13)4-8(12)5-10(11)14/h4-7,15H,2-3H2,1H3. The Kier molecular flexibility index (Phi) is 3.79. The number of rotatable bonds is 3. The van der Waals surface area contributed by atoms with E-state index >= 15 is 0 Å². The van der Waals surface area contributed by atoms with Gasteiger partial charge in [-0.3, -0.25) is 0 Å². The van der Waals surface area contributed by atoms with Gasteiger partial charge < -0.3 is 5.32 Å². The van der Waals surface area contributed by atoms with Crippen molar-refractivity contribution >= 4 is 53.5 Å². The summed E-state index contributed by atoms with van der Waals surface area (Å²) in [4.78, 5) is 0. The molecule has 1 aliphatic carbocycles. The Balaban J connectivity index is 2.19. The van der Waals surface area contributed by atoms with Crippen LogP contribution >= 0.6 is 47.8 Å². The van der Waals surface area contributed by atoms with Crippen LogP contribution in [0.1, 0.15) is 19.8 Å². The molecule has 0 radical (unpaired) electrons. The first kappa shape index (κ1) is 11.9. The number of hydrogen-bond acceptors (Lipinski definition) is 1. The van der Waals surface area contributed by atoms with Gasteiger partial charge in [-0.2, -0.15) is 0 Å². The lowest BCUT2D eigenvalue weighted by Crippen LogP contribution is -2.17. The van der Waals surface area contributed by atoms with Crippen molar-refractivity contribution in [2.24, 2.45) is 5.92 Å². The first-order chi connectivity index (χ1) is 7.08. The summed E-state index contributed by atoms with van der Waals surface area (Å²) in [6, 6.07) is 4.68. The summed E-state index contributed by atoms with van der Waals surface area (Å²) in [5.41, 5.74) is 1.15. The van der Waals surface area contributed by atoms with Gasteiger partial charge in [0.2, 0.25) is 0 Å². The molecule has 15 heavy (non-hydrogen) atoms. The van der Waals surface area contributed by atoms with Crippen molar-refractivity contribution in [2.75, 3.05) is 5.32 Å². The molecule has 0 heterocycles. The largest absolute Gasteiger partial charge is 0.380 e. The van der Waals surface area contributed by atoms with Crippen molar-refractivity contribution in [2.45, 2.75) is 25.8 Å². The van der Waals surface area contributed by atoms with Crippen LogP contribution in [0, 0.1) is 5.92 Å². The monoisotopic (exact) mass is 395 g/mol. The molecule has 0 amide bonds. The molecule has 1 aromatic carbocycles. The van der Waals surface area contributed by atoms with E-state index in [1.807, 2.05) is 0 Å². The van der Waals surface area contributed by atoms with Crippen molar-refractivity contribution in [3.8, 4) is 0 Å². The van der Waals surface area contributed by atoms with Gasteiger partial charge in [-0.15, -0.1) is 0 Å². The second-order valence-electron chi connectivity index (χ2n) is 4.01. The molecule has 1 unspecified atom stereocenters. The van der Waals surface area contributed by atoms with Crippen LogP contribution in [0.3, 0.4) is 0 Å². The molecule has 82 valence electrons. The van der Waals surface area contributed by atoms with Gasteiger partial charge >= 0.3 is 0 Å². The van der Waals surface area contributed by atoms with Gasteiger partial charge in [-0.05, 0) is 69.7 Å². The van der Waals surface area contributed by atoms with E-state index in [0.29, 0.717) is 6.04 Å². The Morgan fingerprint density at radius 1 is 1.20 bits per heavy atom. The van der Waals surface area contributed by atoms with Crippen LogP contribution in [0.2, 0.25) is 0 Å². The van der Waals surface area contributed by atoms with E-state index in [0.717, 1.165) is 25.0 Å². The maximum absolute atomic E-state index is 3.57. The molecule has 1 saturated carbocycles. The molecule has 0 aromatic heterocycles. The van der Waals surface area contributed by atoms with Crippen LogP contribution in [0.25, 0.3) is 0 Å². The van der Waals surface area contributed by atoms with Crippen molar-refractivity contribution in [1.82, 2.24) is 0 Å². The van der Waals surface area contributed by atoms with E-state index in [-0.39, 0.29) is 0 Å². The number of halogens is 3. The highest BCUT2D eigenvalue weighted by molar-refractivity contribution is 9.11. The molecule has 1 fully saturated rings. The van der Waals surface area contributed by atoms with Gasteiger partial charge in [0.1, 0.15) is 0 Å². The van der Waals surface area contributed by atoms with Crippen LogP contribution < -0.4 is 5.32 Å². The maximum Gasteiger partial charge on any atom is 0.0631 e. The average Bonchev–Trinajstić information content (AvgIpc) is 2.93. The van der Waals surface area contributed by atoms with Crippen LogP contribution in [0.15, 0.2) is 25.6 Å². The highest BCUT2D eigenvalue weighted by Gasteiger charge is 2.28. The Bertz CT molecular complexity index is 351. The number of hydrogen-bond donors (Lipinski definition) is 1. The summed E-state index contributed by atoms with van der Waals surface area (Å²) in [6.45, 7) is 2.25. The molecule has 1 nitrogen and oxygen atoms in total. The van der Waals surface area contributed by atoms with Crippen LogP contribution in [-0.2, 0) is 0 Å². The molecule has 2 rings (SSSR count). The van der Waals surface area contributed by atoms with Gasteiger partial charge in [-0.25, -0.2) is 0 Å². The molecule has 4 heteroatoms. The summed E-state index contributed by atoms with van der Waals surface area (Å²) in [5, 5.41) is 3.55. The van der Waals surface area contributed by atoms with Gasteiger partial charge in [-0.1, -0.05) is 15.9 Å². The van der Waals surface area contributed by atoms with Crippen molar-refractivity contribution in [3.05, 3.63) is 25.6 Å². The van der Waals surface area contributed by atoms with E-state index in [2.05, 4.69) is 72.2 Å². The average molecular weight is 398 g/mol. The zero-order valence-corrected chi connectivity index (χ0v) is 13.1. The predicted molar refractivity (Wildman–Crippen MR) is 75.4 cm³/mol. The maximum atomic E-state index is 3.57. The quantitative estimate of drug-likeness (QED) is 0.740. The normalized spacial score (nSPS) is 17.6. The molecule has 1 atom stereocenters. The molecule has 0 aliphatic heterocycles. The molecule has 0 bridgehead atoms. The summed E-state index contributed by atoms with van der Waals surface area (Å²) in [6.07, 6.45) is 2.72. The van der Waals surface area contributed by atoms with Crippen LogP contribution in [-0.4, -0.2) is 6.04 Å². The van der Waals surface area contributed by atoms with Gasteiger partial charge in [0, 0.05) is 19.5 Å². The lowest BCUT2D eigenvalue weighted by molar-refractivity contribution is 0.693. The third-order valence-electron chi connectivity index (χ3n) is 2.71. The van der Waals surface area contributed by atoms with E-state index in [4.69, 9.17) is 0 Å². The first-order valence-corrected chi connectivity index (χ1v) is 7.37. The van der Waals surface area contributed by atoms with Gasteiger partial charge in [0.15, 0.2) is 0 Å². The van der Waals surface area contributed by atoms with Crippen LogP contribution in [0.5, 0.6) is 0 Å². The Morgan fingerprint density at radius 3 is 2.20 bits per heavy atom. The van der Waals surface area contributed by atoms with Crippen molar-refractivity contribution in [1.29, 1.82) is 0 Å². The van der Waals surface area contributed by atoms with Crippen LogP contribution in [0.4, 0.5) is 5.69 Å². The lowest BCUT2D eigenvalue weighted by Gasteiger charge is -2.17. The van der Waals surface area contributed by atoms with E-state index in [9.17, 15) is 0 Å². The predicted octanol–water partition coefficient (Wildman–Crippen LogP) is 5.18. The summed E-state index contributed by atoms with van der Waals surface area (Å²) in [5.74, 6) is 0.854. The smallest absolute Gasteiger partial charge is 0.0631 e. The zero-order valence-electron chi connectivity index (χ0n) is 8.36. The second kappa shape index (κ2) is 4.76. The molecular formula is C11H12Br3N. The third kappa shape index (κ3) is 2.98. The minimum Gasteiger partial charge on any atom is -0.380 e. The SMILES string of the molecule is CC(Nc1c(Br)cc(Br)cc1Br)C1CC1. The lowest BCUT2D eigenvalue weighted by atomic mass is 10.2. The number of nitrogens with one attached hydrogen (secondary N) is 1. The van der Waals surface area contributed by atoms with E-state index < -0.39 is 0 Å². The Morgan fingerprint density at radius 2 is 1.73 bits per heavy atom. The first-order valence-electron chi connectivity index (χ1n) is 4.99. The fourth-order valence-corrected chi connectivity index (χ4v) is 4.11. The summed E-state index contributed by atoms with van der Waals surface area (Å²) < 4.78 is 3.26. The third-order valence-corrected chi connectivity index (χ3v) is 4.42. The summed E-state index contributed by atoms with van der Waals surface area (Å²) in [7, 11) is 0.